The van der Waals surface area contributed by atoms with E-state index in [2.05, 4.69) is 26.0 Å². The molecule has 1 aromatic carbocycles. The van der Waals surface area contributed by atoms with Gasteiger partial charge in [0.1, 0.15) is 12.1 Å². The zero-order valence-corrected chi connectivity index (χ0v) is 11.6. The third-order valence-electron chi connectivity index (χ3n) is 3.29. The average Bonchev–Trinajstić information content (AvgIpc) is 2.87. The second-order valence-corrected chi connectivity index (χ2v) is 5.63. The molecule has 4 rings (SSSR count). The van der Waals surface area contributed by atoms with E-state index in [1.54, 1.807) is 23.7 Å². The maximum atomic E-state index is 5.91. The number of thiophene rings is 1. The van der Waals surface area contributed by atoms with Crippen LogP contribution in [0.3, 0.4) is 0 Å². The van der Waals surface area contributed by atoms with Gasteiger partial charge in [-0.1, -0.05) is 12.1 Å². The molecule has 0 aliphatic carbocycles. The molecule has 0 spiro atoms. The number of nitrogens with zero attached hydrogens (tertiary/aromatic N) is 4. The number of aromatic nitrogens is 4. The maximum Gasteiger partial charge on any atom is 0.219 e. The van der Waals surface area contributed by atoms with E-state index in [0.717, 1.165) is 31.4 Å². The van der Waals surface area contributed by atoms with Gasteiger partial charge in [-0.05, 0) is 11.6 Å². The van der Waals surface area contributed by atoms with Crippen LogP contribution >= 0.6 is 11.3 Å². The van der Waals surface area contributed by atoms with E-state index in [0.29, 0.717) is 5.82 Å². The summed E-state index contributed by atoms with van der Waals surface area (Å²) in [5.41, 5.74) is 14.3. The van der Waals surface area contributed by atoms with Crippen molar-refractivity contribution in [1.82, 2.24) is 19.9 Å². The number of nitrogen functional groups attached to an aromatic ring is 2. The van der Waals surface area contributed by atoms with Crippen molar-refractivity contribution < 1.29 is 0 Å². The van der Waals surface area contributed by atoms with Crippen LogP contribution in [0.1, 0.15) is 0 Å². The van der Waals surface area contributed by atoms with Crippen molar-refractivity contribution in [1.29, 1.82) is 0 Å². The van der Waals surface area contributed by atoms with E-state index >= 15 is 0 Å². The molecule has 0 fully saturated rings. The Labute approximate surface area is 123 Å². The van der Waals surface area contributed by atoms with Crippen molar-refractivity contribution >= 4 is 43.4 Å². The highest BCUT2D eigenvalue weighted by Crippen LogP contribution is 2.36. The molecule has 21 heavy (non-hydrogen) atoms. The molecule has 0 saturated heterocycles. The SMILES string of the molecule is Nc1ncc(-c2ccc3c(c2)sc2c(N)ncnc23)cn1. The van der Waals surface area contributed by atoms with Crippen LogP contribution in [0, 0.1) is 0 Å². The number of fused-ring (bicyclic) bond motifs is 3. The second kappa shape index (κ2) is 4.35. The van der Waals surface area contributed by atoms with Gasteiger partial charge in [0.15, 0.2) is 0 Å². The highest BCUT2D eigenvalue weighted by molar-refractivity contribution is 7.26. The number of hydrogen-bond acceptors (Lipinski definition) is 7. The Bertz CT molecular complexity index is 960. The molecule has 0 radical (unpaired) electrons. The predicted octanol–water partition coefficient (Wildman–Crippen LogP) is 2.47. The molecule has 0 aliphatic heterocycles. The molecule has 4 aromatic rings. The minimum atomic E-state index is 0.268. The molecule has 4 N–H and O–H groups in total. The lowest BCUT2D eigenvalue weighted by Crippen LogP contribution is -1.93. The van der Waals surface area contributed by atoms with Gasteiger partial charge in [-0.25, -0.2) is 19.9 Å². The Morgan fingerprint density at radius 1 is 0.905 bits per heavy atom. The lowest BCUT2D eigenvalue weighted by atomic mass is 10.1. The van der Waals surface area contributed by atoms with E-state index < -0.39 is 0 Å². The summed E-state index contributed by atoms with van der Waals surface area (Å²) < 4.78 is 2.02. The first kappa shape index (κ1) is 12.0. The molecule has 0 aliphatic rings. The van der Waals surface area contributed by atoms with E-state index in [-0.39, 0.29) is 5.95 Å². The van der Waals surface area contributed by atoms with Gasteiger partial charge in [-0.2, -0.15) is 0 Å². The molecule has 0 amide bonds. The number of nitrogens with two attached hydrogens (primary N) is 2. The third kappa shape index (κ3) is 1.86. The van der Waals surface area contributed by atoms with Crippen molar-refractivity contribution in [2.45, 2.75) is 0 Å². The van der Waals surface area contributed by atoms with E-state index in [4.69, 9.17) is 11.5 Å². The summed E-state index contributed by atoms with van der Waals surface area (Å²) in [5, 5.41) is 1.07. The standard InChI is InChI=1S/C14H10N6S/c15-13-12-11(19-6-20-13)9-2-1-7(3-10(9)21-12)8-4-17-14(16)18-5-8/h1-6H,(H2,15,19,20)(H2,16,17,18). The Morgan fingerprint density at radius 3 is 2.52 bits per heavy atom. The number of rotatable bonds is 1. The zero-order chi connectivity index (χ0) is 14.4. The fourth-order valence-electron chi connectivity index (χ4n) is 2.26. The molecule has 102 valence electrons. The summed E-state index contributed by atoms with van der Waals surface area (Å²) in [6.07, 6.45) is 4.92. The highest BCUT2D eigenvalue weighted by atomic mass is 32.1. The number of hydrogen-bond donors (Lipinski definition) is 2. The molecule has 3 aromatic heterocycles. The van der Waals surface area contributed by atoms with Crippen LogP contribution in [0.4, 0.5) is 11.8 Å². The van der Waals surface area contributed by atoms with Gasteiger partial charge in [0.25, 0.3) is 0 Å². The van der Waals surface area contributed by atoms with Crippen LogP contribution in [0.5, 0.6) is 0 Å². The molecule has 0 bridgehead atoms. The summed E-state index contributed by atoms with van der Waals surface area (Å²) in [5.74, 6) is 0.781. The summed E-state index contributed by atoms with van der Waals surface area (Å²) >= 11 is 1.58. The topological polar surface area (TPSA) is 104 Å². The second-order valence-electron chi connectivity index (χ2n) is 4.58. The van der Waals surface area contributed by atoms with Gasteiger partial charge >= 0.3 is 0 Å². The fraction of sp³-hybridized carbons (Fsp3) is 0. The Kier molecular flexibility index (Phi) is 2.48. The average molecular weight is 294 g/mol. The van der Waals surface area contributed by atoms with Crippen molar-refractivity contribution in [2.24, 2.45) is 0 Å². The number of benzene rings is 1. The molecule has 7 heteroatoms. The largest absolute Gasteiger partial charge is 0.382 e. The summed E-state index contributed by atoms with van der Waals surface area (Å²) in [6, 6.07) is 6.13. The normalized spacial score (nSPS) is 11.2. The van der Waals surface area contributed by atoms with Gasteiger partial charge in [0.05, 0.1) is 10.2 Å². The van der Waals surface area contributed by atoms with Crippen LogP contribution in [0.15, 0.2) is 36.9 Å². The quantitative estimate of drug-likeness (QED) is 0.559. The molecule has 0 saturated carbocycles. The van der Waals surface area contributed by atoms with Crippen LogP contribution < -0.4 is 11.5 Å². The van der Waals surface area contributed by atoms with E-state index in [1.165, 1.54) is 6.33 Å². The van der Waals surface area contributed by atoms with Crippen LogP contribution in [0.2, 0.25) is 0 Å². The van der Waals surface area contributed by atoms with Gasteiger partial charge in [-0.3, -0.25) is 0 Å². The smallest absolute Gasteiger partial charge is 0.219 e. The Hall–Kier alpha value is -2.80. The third-order valence-corrected chi connectivity index (χ3v) is 4.45. The van der Waals surface area contributed by atoms with Gasteiger partial charge < -0.3 is 11.5 Å². The molecule has 0 unspecified atom stereocenters. The minimum absolute atomic E-state index is 0.268. The van der Waals surface area contributed by atoms with E-state index in [9.17, 15) is 0 Å². The first-order valence-corrected chi connectivity index (χ1v) is 7.04. The minimum Gasteiger partial charge on any atom is -0.382 e. The first-order valence-electron chi connectivity index (χ1n) is 6.23. The lowest BCUT2D eigenvalue weighted by molar-refractivity contribution is 1.19. The fourth-order valence-corrected chi connectivity index (χ4v) is 3.36. The van der Waals surface area contributed by atoms with Crippen LogP contribution in [-0.2, 0) is 0 Å². The summed E-state index contributed by atoms with van der Waals surface area (Å²) in [6.45, 7) is 0. The van der Waals surface area contributed by atoms with E-state index in [1.807, 2.05) is 12.1 Å². The number of anilines is 2. The van der Waals surface area contributed by atoms with Gasteiger partial charge in [-0.15, -0.1) is 11.3 Å². The summed E-state index contributed by atoms with van der Waals surface area (Å²) in [4.78, 5) is 16.4. The maximum absolute atomic E-state index is 5.91. The predicted molar refractivity (Wildman–Crippen MR) is 84.8 cm³/mol. The monoisotopic (exact) mass is 294 g/mol. The first-order chi connectivity index (χ1) is 10.2. The Morgan fingerprint density at radius 2 is 1.71 bits per heavy atom. The lowest BCUT2D eigenvalue weighted by Gasteiger charge is -2.01. The molecular weight excluding hydrogens is 284 g/mol. The highest BCUT2D eigenvalue weighted by Gasteiger charge is 2.10. The zero-order valence-electron chi connectivity index (χ0n) is 10.8. The molecular formula is C14H10N6S. The van der Waals surface area contributed by atoms with Crippen molar-refractivity contribution in [3.8, 4) is 11.1 Å². The summed E-state index contributed by atoms with van der Waals surface area (Å²) in [7, 11) is 0. The van der Waals surface area contributed by atoms with Crippen LogP contribution in [-0.4, -0.2) is 19.9 Å². The van der Waals surface area contributed by atoms with Crippen molar-refractivity contribution in [3.63, 3.8) is 0 Å². The molecule has 0 atom stereocenters. The molecule has 3 heterocycles. The van der Waals surface area contributed by atoms with Crippen molar-refractivity contribution in [2.75, 3.05) is 11.5 Å². The molecule has 6 nitrogen and oxygen atoms in total. The Balaban J connectivity index is 1.96. The van der Waals surface area contributed by atoms with Gasteiger partial charge in [0, 0.05) is 28.0 Å². The van der Waals surface area contributed by atoms with Gasteiger partial charge in [0.2, 0.25) is 5.95 Å². The van der Waals surface area contributed by atoms with Crippen molar-refractivity contribution in [3.05, 3.63) is 36.9 Å². The van der Waals surface area contributed by atoms with Crippen LogP contribution in [0.25, 0.3) is 31.4 Å².